The minimum Gasteiger partial charge on any atom is -0.363 e. The van der Waals surface area contributed by atoms with Crippen molar-refractivity contribution in [1.29, 1.82) is 0 Å². The normalized spacial score (nSPS) is 23.3. The Kier molecular flexibility index (Phi) is 5.85. The first-order chi connectivity index (χ1) is 8.11. The Bertz CT molecular complexity index is 280. The number of likely N-dealkylation sites (N-methyl/N-ethyl adjacent to an activating group) is 1. The van der Waals surface area contributed by atoms with E-state index in [1.54, 1.807) is 0 Å². The van der Waals surface area contributed by atoms with Gasteiger partial charge < -0.3 is 19.9 Å². The minimum atomic E-state index is -0.0779. The molecule has 1 N–H and O–H groups in total. The Morgan fingerprint density at radius 3 is 2.67 bits per heavy atom. The number of morpholine rings is 1. The number of amides is 1. The third-order valence-corrected chi connectivity index (χ3v) is 3.67. The summed E-state index contributed by atoms with van der Waals surface area (Å²) in [6, 6.07) is 0. The van der Waals surface area contributed by atoms with E-state index in [1.165, 1.54) is 0 Å². The van der Waals surface area contributed by atoms with Crippen molar-refractivity contribution in [2.75, 3.05) is 53.4 Å². The summed E-state index contributed by atoms with van der Waals surface area (Å²) in [4.78, 5) is 15.9. The SMILES string of the molecule is CN(C)CCN1CC2(CCNCC2)OCC1=O.Cl. The van der Waals surface area contributed by atoms with Crippen LogP contribution in [0.5, 0.6) is 0 Å². The number of rotatable bonds is 3. The molecule has 2 heterocycles. The lowest BCUT2D eigenvalue weighted by Gasteiger charge is -2.45. The number of carbonyl (C=O) groups is 1. The molecule has 2 fully saturated rings. The standard InChI is InChI=1S/C12H23N3O2.ClH/c1-14(2)7-8-15-10-12(17-9-11(15)16)3-5-13-6-4-12;/h13H,3-10H2,1-2H3;1H. The van der Waals surface area contributed by atoms with Gasteiger partial charge in [0.25, 0.3) is 0 Å². The van der Waals surface area contributed by atoms with E-state index in [0.29, 0.717) is 0 Å². The number of ether oxygens (including phenoxy) is 1. The number of carbonyl (C=O) groups excluding carboxylic acids is 1. The zero-order valence-corrected chi connectivity index (χ0v) is 12.1. The third kappa shape index (κ3) is 3.82. The van der Waals surface area contributed by atoms with Gasteiger partial charge in [0.1, 0.15) is 6.61 Å². The Morgan fingerprint density at radius 1 is 1.39 bits per heavy atom. The first kappa shape index (κ1) is 15.7. The van der Waals surface area contributed by atoms with Gasteiger partial charge in [-0.15, -0.1) is 12.4 Å². The van der Waals surface area contributed by atoms with E-state index < -0.39 is 0 Å². The summed E-state index contributed by atoms with van der Waals surface area (Å²) in [7, 11) is 4.07. The molecule has 0 saturated carbocycles. The van der Waals surface area contributed by atoms with Crippen LogP contribution in [0, 0.1) is 0 Å². The maximum absolute atomic E-state index is 11.8. The van der Waals surface area contributed by atoms with E-state index in [4.69, 9.17) is 4.74 Å². The third-order valence-electron chi connectivity index (χ3n) is 3.67. The predicted molar refractivity (Wildman–Crippen MR) is 73.2 cm³/mol. The van der Waals surface area contributed by atoms with Crippen molar-refractivity contribution in [3.63, 3.8) is 0 Å². The van der Waals surface area contributed by atoms with Gasteiger partial charge in [0, 0.05) is 19.6 Å². The molecule has 6 heteroatoms. The number of nitrogens with zero attached hydrogens (tertiary/aromatic N) is 2. The highest BCUT2D eigenvalue weighted by Gasteiger charge is 2.40. The molecule has 2 aliphatic heterocycles. The molecular formula is C12H24ClN3O2. The minimum absolute atomic E-state index is 0. The first-order valence-electron chi connectivity index (χ1n) is 6.38. The van der Waals surface area contributed by atoms with Crippen LogP contribution in [0.25, 0.3) is 0 Å². The van der Waals surface area contributed by atoms with E-state index in [2.05, 4.69) is 10.2 Å². The highest BCUT2D eigenvalue weighted by Crippen LogP contribution is 2.27. The van der Waals surface area contributed by atoms with Crippen LogP contribution in [0.3, 0.4) is 0 Å². The van der Waals surface area contributed by atoms with Crippen LogP contribution in [0.4, 0.5) is 0 Å². The van der Waals surface area contributed by atoms with Crippen LogP contribution in [0.1, 0.15) is 12.8 Å². The molecule has 0 aromatic carbocycles. The van der Waals surface area contributed by atoms with Crippen molar-refractivity contribution in [3.05, 3.63) is 0 Å². The summed E-state index contributed by atoms with van der Waals surface area (Å²) in [6.45, 7) is 4.74. The number of nitrogens with one attached hydrogen (secondary N) is 1. The second-order valence-electron chi connectivity index (χ2n) is 5.34. The lowest BCUT2D eigenvalue weighted by Crippen LogP contribution is -2.59. The monoisotopic (exact) mass is 277 g/mol. The fraction of sp³-hybridized carbons (Fsp3) is 0.917. The van der Waals surface area contributed by atoms with Gasteiger partial charge in [-0.3, -0.25) is 4.79 Å². The van der Waals surface area contributed by atoms with Gasteiger partial charge in [-0.1, -0.05) is 0 Å². The Balaban J connectivity index is 0.00000162. The van der Waals surface area contributed by atoms with Crippen molar-refractivity contribution >= 4 is 18.3 Å². The average molecular weight is 278 g/mol. The molecule has 18 heavy (non-hydrogen) atoms. The molecule has 0 radical (unpaired) electrons. The van der Waals surface area contributed by atoms with E-state index in [-0.39, 0.29) is 30.5 Å². The fourth-order valence-corrected chi connectivity index (χ4v) is 2.50. The van der Waals surface area contributed by atoms with Gasteiger partial charge in [-0.05, 0) is 40.0 Å². The molecule has 0 bridgehead atoms. The van der Waals surface area contributed by atoms with E-state index in [0.717, 1.165) is 45.6 Å². The summed E-state index contributed by atoms with van der Waals surface area (Å²) in [5.74, 6) is 0.135. The van der Waals surface area contributed by atoms with E-state index in [9.17, 15) is 4.79 Å². The summed E-state index contributed by atoms with van der Waals surface area (Å²) in [5, 5.41) is 3.34. The molecule has 1 spiro atoms. The average Bonchev–Trinajstić information content (AvgIpc) is 2.32. The Labute approximate surface area is 115 Å². The molecule has 2 rings (SSSR count). The molecule has 0 atom stereocenters. The lowest BCUT2D eigenvalue weighted by atomic mass is 9.90. The van der Waals surface area contributed by atoms with Crippen molar-refractivity contribution in [2.24, 2.45) is 0 Å². The van der Waals surface area contributed by atoms with E-state index >= 15 is 0 Å². The first-order valence-corrected chi connectivity index (χ1v) is 6.38. The van der Waals surface area contributed by atoms with Gasteiger partial charge in [0.15, 0.2) is 0 Å². The summed E-state index contributed by atoms with van der Waals surface area (Å²) < 4.78 is 5.81. The molecule has 0 aromatic rings. The lowest BCUT2D eigenvalue weighted by molar-refractivity contribution is -0.168. The van der Waals surface area contributed by atoms with Gasteiger partial charge in [-0.25, -0.2) is 0 Å². The molecule has 2 saturated heterocycles. The smallest absolute Gasteiger partial charge is 0.248 e. The molecule has 5 nitrogen and oxygen atoms in total. The Hall–Kier alpha value is -0.360. The van der Waals surface area contributed by atoms with Crippen LogP contribution in [0.2, 0.25) is 0 Å². The molecule has 0 unspecified atom stereocenters. The molecule has 0 aliphatic carbocycles. The number of piperidine rings is 1. The van der Waals surface area contributed by atoms with Gasteiger partial charge in [-0.2, -0.15) is 0 Å². The molecule has 1 amide bonds. The topological polar surface area (TPSA) is 44.8 Å². The fourth-order valence-electron chi connectivity index (χ4n) is 2.50. The number of halogens is 1. The summed E-state index contributed by atoms with van der Waals surface area (Å²) in [5.41, 5.74) is -0.0779. The molecule has 2 aliphatic rings. The van der Waals surface area contributed by atoms with Crippen LogP contribution in [-0.2, 0) is 9.53 Å². The second kappa shape index (κ2) is 6.70. The summed E-state index contributed by atoms with van der Waals surface area (Å²) in [6.07, 6.45) is 2.03. The van der Waals surface area contributed by atoms with Gasteiger partial charge >= 0.3 is 0 Å². The number of hydrogen-bond acceptors (Lipinski definition) is 4. The zero-order valence-electron chi connectivity index (χ0n) is 11.3. The van der Waals surface area contributed by atoms with Crippen molar-refractivity contribution in [3.8, 4) is 0 Å². The molecular weight excluding hydrogens is 254 g/mol. The molecule has 0 aromatic heterocycles. The van der Waals surface area contributed by atoms with Gasteiger partial charge in [0.2, 0.25) is 5.91 Å². The summed E-state index contributed by atoms with van der Waals surface area (Å²) >= 11 is 0. The van der Waals surface area contributed by atoms with Crippen LogP contribution >= 0.6 is 12.4 Å². The largest absolute Gasteiger partial charge is 0.363 e. The van der Waals surface area contributed by atoms with Crippen LogP contribution in [-0.4, -0.2) is 74.7 Å². The quantitative estimate of drug-likeness (QED) is 0.786. The van der Waals surface area contributed by atoms with Crippen LogP contribution < -0.4 is 5.32 Å². The Morgan fingerprint density at radius 2 is 2.06 bits per heavy atom. The maximum atomic E-state index is 11.8. The highest BCUT2D eigenvalue weighted by atomic mass is 35.5. The molecule has 106 valence electrons. The highest BCUT2D eigenvalue weighted by molar-refractivity contribution is 5.85. The van der Waals surface area contributed by atoms with Crippen molar-refractivity contribution < 1.29 is 9.53 Å². The van der Waals surface area contributed by atoms with E-state index in [1.807, 2.05) is 19.0 Å². The zero-order chi connectivity index (χ0) is 12.3. The van der Waals surface area contributed by atoms with Gasteiger partial charge in [0.05, 0.1) is 5.60 Å². The van der Waals surface area contributed by atoms with Crippen molar-refractivity contribution in [2.45, 2.75) is 18.4 Å². The maximum Gasteiger partial charge on any atom is 0.248 e. The predicted octanol–water partition coefficient (Wildman–Crippen LogP) is -0.0492. The second-order valence-corrected chi connectivity index (χ2v) is 5.34. The van der Waals surface area contributed by atoms with Crippen LogP contribution in [0.15, 0.2) is 0 Å². The van der Waals surface area contributed by atoms with Crippen molar-refractivity contribution in [1.82, 2.24) is 15.1 Å². The number of hydrogen-bond donors (Lipinski definition) is 1.